The lowest BCUT2D eigenvalue weighted by Crippen LogP contribution is -2.14. The van der Waals surface area contributed by atoms with Crippen molar-refractivity contribution in [3.05, 3.63) is 51.5 Å². The largest absolute Gasteiger partial charge is 0.398 e. The molecule has 4 nitrogen and oxygen atoms in total. The number of nitrogen functional groups attached to an aromatic ring is 1. The average Bonchev–Trinajstić information content (AvgIpc) is 2.40. The quantitative estimate of drug-likeness (QED) is 0.810. The molecule has 0 heterocycles. The Kier molecular flexibility index (Phi) is 4.30. The number of anilines is 2. The molecule has 2 rings (SSSR count). The van der Waals surface area contributed by atoms with Crippen molar-refractivity contribution >= 4 is 37.3 Å². The predicted molar refractivity (Wildman–Crippen MR) is 90.0 cm³/mol. The standard InChI is InChI=1S/C15H17BrN2O2S/c1-9-7-12(8-14(17)10(9)2)21(19,20)18-15-6-4-5-13(16)11(15)3/h4-8,18H,17H2,1-3H3. The van der Waals surface area contributed by atoms with Gasteiger partial charge in [0.25, 0.3) is 10.0 Å². The molecule has 0 unspecified atom stereocenters. The molecule has 0 amide bonds. The van der Waals surface area contributed by atoms with Gasteiger partial charge in [-0.2, -0.15) is 0 Å². The van der Waals surface area contributed by atoms with E-state index in [0.29, 0.717) is 11.4 Å². The summed E-state index contributed by atoms with van der Waals surface area (Å²) in [7, 11) is -3.67. The van der Waals surface area contributed by atoms with E-state index in [2.05, 4.69) is 20.7 Å². The molecule has 3 N–H and O–H groups in total. The number of halogens is 1. The summed E-state index contributed by atoms with van der Waals surface area (Å²) in [6.07, 6.45) is 0. The summed E-state index contributed by atoms with van der Waals surface area (Å²) in [5, 5.41) is 0. The summed E-state index contributed by atoms with van der Waals surface area (Å²) in [5.41, 5.74) is 9.46. The van der Waals surface area contributed by atoms with E-state index < -0.39 is 10.0 Å². The number of rotatable bonds is 3. The van der Waals surface area contributed by atoms with Gasteiger partial charge in [0, 0.05) is 10.2 Å². The fourth-order valence-electron chi connectivity index (χ4n) is 1.93. The molecule has 0 bridgehead atoms. The van der Waals surface area contributed by atoms with E-state index >= 15 is 0 Å². The first kappa shape index (κ1) is 15.9. The van der Waals surface area contributed by atoms with Crippen molar-refractivity contribution < 1.29 is 8.42 Å². The Balaban J connectivity index is 2.46. The van der Waals surface area contributed by atoms with Crippen LogP contribution in [0.4, 0.5) is 11.4 Å². The van der Waals surface area contributed by atoms with Crippen LogP contribution in [0.15, 0.2) is 39.7 Å². The molecule has 0 spiro atoms. The Morgan fingerprint density at radius 1 is 1.10 bits per heavy atom. The number of aryl methyl sites for hydroxylation is 1. The third-order valence-corrected chi connectivity index (χ3v) is 5.71. The molecule has 2 aromatic carbocycles. The van der Waals surface area contributed by atoms with Crippen LogP contribution in [0, 0.1) is 20.8 Å². The van der Waals surface area contributed by atoms with Crippen LogP contribution >= 0.6 is 15.9 Å². The van der Waals surface area contributed by atoms with E-state index in [1.165, 1.54) is 6.07 Å². The molecule has 0 saturated carbocycles. The minimum Gasteiger partial charge on any atom is -0.398 e. The highest BCUT2D eigenvalue weighted by Crippen LogP contribution is 2.27. The Bertz CT molecular complexity index is 778. The Morgan fingerprint density at radius 2 is 1.76 bits per heavy atom. The molecule has 0 aliphatic rings. The maximum Gasteiger partial charge on any atom is 0.261 e. The third kappa shape index (κ3) is 3.22. The van der Waals surface area contributed by atoms with Crippen molar-refractivity contribution in [2.24, 2.45) is 0 Å². The first-order valence-electron chi connectivity index (χ1n) is 6.37. The summed E-state index contributed by atoms with van der Waals surface area (Å²) in [6, 6.07) is 8.48. The Hall–Kier alpha value is -1.53. The first-order chi connectivity index (χ1) is 9.72. The van der Waals surface area contributed by atoms with Crippen LogP contribution in [0.1, 0.15) is 16.7 Å². The zero-order chi connectivity index (χ0) is 15.8. The van der Waals surface area contributed by atoms with Crippen LogP contribution in [-0.2, 0) is 10.0 Å². The number of sulfonamides is 1. The lowest BCUT2D eigenvalue weighted by molar-refractivity contribution is 0.601. The summed E-state index contributed by atoms with van der Waals surface area (Å²) < 4.78 is 28.5. The van der Waals surface area contributed by atoms with E-state index in [0.717, 1.165) is 21.2 Å². The van der Waals surface area contributed by atoms with E-state index in [1.54, 1.807) is 18.2 Å². The normalized spacial score (nSPS) is 11.4. The minimum atomic E-state index is -3.67. The first-order valence-corrected chi connectivity index (χ1v) is 8.64. The molecule has 112 valence electrons. The van der Waals surface area contributed by atoms with Crippen molar-refractivity contribution in [3.63, 3.8) is 0 Å². The monoisotopic (exact) mass is 368 g/mol. The molecule has 0 fully saturated rings. The summed E-state index contributed by atoms with van der Waals surface area (Å²) in [5.74, 6) is 0. The smallest absolute Gasteiger partial charge is 0.261 e. The summed E-state index contributed by atoms with van der Waals surface area (Å²) in [6.45, 7) is 5.55. The number of nitrogens with two attached hydrogens (primary N) is 1. The molecule has 0 aliphatic carbocycles. The second kappa shape index (κ2) is 5.69. The number of hydrogen-bond donors (Lipinski definition) is 2. The van der Waals surface area contributed by atoms with Crippen LogP contribution < -0.4 is 10.5 Å². The topological polar surface area (TPSA) is 72.2 Å². The molecule has 0 atom stereocenters. The third-order valence-electron chi connectivity index (χ3n) is 3.50. The van der Waals surface area contributed by atoms with Gasteiger partial charge in [0.2, 0.25) is 0 Å². The Morgan fingerprint density at radius 3 is 2.38 bits per heavy atom. The van der Waals surface area contributed by atoms with Crippen molar-refractivity contribution in [3.8, 4) is 0 Å². The fourth-order valence-corrected chi connectivity index (χ4v) is 3.54. The van der Waals surface area contributed by atoms with Gasteiger partial charge in [0.05, 0.1) is 10.6 Å². The highest BCUT2D eigenvalue weighted by Gasteiger charge is 2.17. The molecular formula is C15H17BrN2O2S. The highest BCUT2D eigenvalue weighted by atomic mass is 79.9. The lowest BCUT2D eigenvalue weighted by atomic mass is 10.1. The van der Waals surface area contributed by atoms with Gasteiger partial charge in [0.1, 0.15) is 0 Å². The van der Waals surface area contributed by atoms with Crippen molar-refractivity contribution in [1.29, 1.82) is 0 Å². The van der Waals surface area contributed by atoms with Gasteiger partial charge in [-0.3, -0.25) is 4.72 Å². The van der Waals surface area contributed by atoms with E-state index in [1.807, 2.05) is 26.8 Å². The van der Waals surface area contributed by atoms with Crippen LogP contribution in [0.5, 0.6) is 0 Å². The van der Waals surface area contributed by atoms with E-state index in [4.69, 9.17) is 5.73 Å². The maximum atomic E-state index is 12.5. The number of hydrogen-bond acceptors (Lipinski definition) is 3. The van der Waals surface area contributed by atoms with Gasteiger partial charge in [-0.1, -0.05) is 22.0 Å². The lowest BCUT2D eigenvalue weighted by Gasteiger charge is -2.13. The van der Waals surface area contributed by atoms with Crippen LogP contribution in [0.2, 0.25) is 0 Å². The van der Waals surface area contributed by atoms with Gasteiger partial charge >= 0.3 is 0 Å². The molecule has 0 aromatic heterocycles. The van der Waals surface area contributed by atoms with Crippen molar-refractivity contribution in [1.82, 2.24) is 0 Å². The fraction of sp³-hybridized carbons (Fsp3) is 0.200. The second-order valence-electron chi connectivity index (χ2n) is 4.97. The van der Waals surface area contributed by atoms with Crippen LogP contribution in [-0.4, -0.2) is 8.42 Å². The number of benzene rings is 2. The molecule has 21 heavy (non-hydrogen) atoms. The van der Waals surface area contributed by atoms with Gasteiger partial charge in [-0.15, -0.1) is 0 Å². The highest BCUT2D eigenvalue weighted by molar-refractivity contribution is 9.10. The summed E-state index contributed by atoms with van der Waals surface area (Å²) >= 11 is 3.39. The van der Waals surface area contributed by atoms with Crippen molar-refractivity contribution in [2.45, 2.75) is 25.7 Å². The van der Waals surface area contributed by atoms with Crippen molar-refractivity contribution in [2.75, 3.05) is 10.5 Å². The molecule has 0 saturated heterocycles. The van der Waals surface area contributed by atoms with Gasteiger partial charge in [0.15, 0.2) is 0 Å². The average molecular weight is 369 g/mol. The van der Waals surface area contributed by atoms with Crippen LogP contribution in [0.25, 0.3) is 0 Å². The zero-order valence-corrected chi connectivity index (χ0v) is 14.5. The molecule has 2 aromatic rings. The van der Waals surface area contributed by atoms with Gasteiger partial charge in [-0.25, -0.2) is 8.42 Å². The van der Waals surface area contributed by atoms with Crippen LogP contribution in [0.3, 0.4) is 0 Å². The molecule has 0 radical (unpaired) electrons. The summed E-state index contributed by atoms with van der Waals surface area (Å²) in [4.78, 5) is 0.169. The number of nitrogens with one attached hydrogen (secondary N) is 1. The van der Waals surface area contributed by atoms with E-state index in [-0.39, 0.29) is 4.90 Å². The molecular weight excluding hydrogens is 352 g/mol. The zero-order valence-electron chi connectivity index (χ0n) is 12.1. The molecule has 6 heteroatoms. The minimum absolute atomic E-state index is 0.169. The van der Waals surface area contributed by atoms with Gasteiger partial charge < -0.3 is 5.73 Å². The maximum absolute atomic E-state index is 12.5. The SMILES string of the molecule is Cc1cc(S(=O)(=O)Nc2cccc(Br)c2C)cc(N)c1C. The van der Waals surface area contributed by atoms with E-state index in [9.17, 15) is 8.42 Å². The predicted octanol–water partition coefficient (Wildman–Crippen LogP) is 3.76. The molecule has 0 aliphatic heterocycles. The second-order valence-corrected chi connectivity index (χ2v) is 7.51. The Labute approximate surface area is 133 Å². The van der Waals surface area contributed by atoms with Gasteiger partial charge in [-0.05, 0) is 61.7 Å².